The van der Waals surface area contributed by atoms with Crippen LogP contribution >= 0.6 is 23.2 Å². The number of carbonyl (C=O) groups excluding carboxylic acids is 2. The number of rotatable bonds is 9. The van der Waals surface area contributed by atoms with Crippen molar-refractivity contribution in [1.29, 1.82) is 0 Å². The molecule has 1 aromatic heterocycles. The van der Waals surface area contributed by atoms with Crippen molar-refractivity contribution in [3.63, 3.8) is 0 Å². The van der Waals surface area contributed by atoms with E-state index >= 15 is 0 Å². The summed E-state index contributed by atoms with van der Waals surface area (Å²) >= 11 is 12.5. The van der Waals surface area contributed by atoms with Gasteiger partial charge >= 0.3 is 0 Å². The second-order valence-electron chi connectivity index (χ2n) is 10.0. The molecule has 206 valence electrons. The van der Waals surface area contributed by atoms with Gasteiger partial charge in [-0.1, -0.05) is 41.4 Å². The van der Waals surface area contributed by atoms with Crippen LogP contribution < -0.4 is 20.9 Å². The minimum atomic E-state index is -0.770. The fraction of sp³-hybridized carbons (Fsp3) is 0.393. The van der Waals surface area contributed by atoms with Gasteiger partial charge in [0.2, 0.25) is 0 Å². The number of benzene rings is 2. The van der Waals surface area contributed by atoms with Gasteiger partial charge in [0.1, 0.15) is 17.4 Å². The summed E-state index contributed by atoms with van der Waals surface area (Å²) in [5, 5.41) is 17.8. The average molecular weight is 573 g/mol. The molecule has 1 aliphatic heterocycles. The van der Waals surface area contributed by atoms with Crippen molar-refractivity contribution in [2.24, 2.45) is 0 Å². The molecule has 4 N–H and O–H groups in total. The lowest BCUT2D eigenvalue weighted by Crippen LogP contribution is -2.45. The van der Waals surface area contributed by atoms with E-state index in [1.807, 2.05) is 0 Å². The zero-order chi connectivity index (χ0) is 27.5. The molecule has 0 unspecified atom stereocenters. The van der Waals surface area contributed by atoms with Gasteiger partial charge in [0.25, 0.3) is 17.4 Å². The fourth-order valence-electron chi connectivity index (χ4n) is 4.78. The van der Waals surface area contributed by atoms with Crippen LogP contribution in [0.3, 0.4) is 0 Å². The second-order valence-corrected chi connectivity index (χ2v) is 10.8. The Morgan fingerprint density at radius 1 is 1.05 bits per heavy atom. The summed E-state index contributed by atoms with van der Waals surface area (Å²) in [4.78, 5) is 42.2. The van der Waals surface area contributed by atoms with Crippen molar-refractivity contribution in [2.75, 3.05) is 26.2 Å². The predicted octanol–water partition coefficient (Wildman–Crippen LogP) is 3.36. The molecule has 2 heterocycles. The number of aliphatic hydroxyl groups excluding tert-OH is 1. The Labute approximate surface area is 235 Å². The zero-order valence-corrected chi connectivity index (χ0v) is 22.7. The quantitative estimate of drug-likeness (QED) is 0.312. The number of carbonyl (C=O) groups is 2. The Morgan fingerprint density at radius 3 is 2.49 bits per heavy atom. The van der Waals surface area contributed by atoms with Crippen molar-refractivity contribution >= 4 is 45.8 Å². The van der Waals surface area contributed by atoms with Crippen LogP contribution in [0, 0.1) is 0 Å². The summed E-state index contributed by atoms with van der Waals surface area (Å²) in [5.74, 6) is -0.229. The largest absolute Gasteiger partial charge is 0.489 e. The van der Waals surface area contributed by atoms with Crippen LogP contribution in [0.25, 0.3) is 10.8 Å². The SMILES string of the molecule is O=C(NC1CC1)c1c(OC2CCN(C[C@H](O)CNC(=O)c3c[nH]c(=O)c4ccccc34)CC2)ccc(Cl)c1Cl. The normalized spacial score (nSPS) is 17.1. The molecule has 2 amide bonds. The van der Waals surface area contributed by atoms with Crippen molar-refractivity contribution in [1.82, 2.24) is 20.5 Å². The Hall–Kier alpha value is -3.11. The number of aromatic amines is 1. The molecule has 11 heteroatoms. The second kappa shape index (κ2) is 12.0. The molecule has 39 heavy (non-hydrogen) atoms. The maximum atomic E-state index is 12.8. The Balaban J connectivity index is 1.12. The molecule has 2 aromatic carbocycles. The van der Waals surface area contributed by atoms with Crippen molar-refractivity contribution in [3.05, 3.63) is 74.1 Å². The number of piperidine rings is 1. The lowest BCUT2D eigenvalue weighted by molar-refractivity contribution is 0.0588. The predicted molar refractivity (Wildman–Crippen MR) is 150 cm³/mol. The van der Waals surface area contributed by atoms with Crippen molar-refractivity contribution in [3.8, 4) is 5.75 Å². The first-order chi connectivity index (χ1) is 18.8. The molecule has 0 bridgehead atoms. The number of nitrogens with zero attached hydrogens (tertiary/aromatic N) is 1. The van der Waals surface area contributed by atoms with Gasteiger partial charge in [0.15, 0.2) is 0 Å². The number of aliphatic hydroxyl groups is 1. The van der Waals surface area contributed by atoms with Crippen LogP contribution in [-0.2, 0) is 0 Å². The number of aromatic nitrogens is 1. The molecule has 2 fully saturated rings. The van der Waals surface area contributed by atoms with Gasteiger partial charge in [-0.15, -0.1) is 0 Å². The third-order valence-electron chi connectivity index (χ3n) is 7.05. The number of hydrogen-bond acceptors (Lipinski definition) is 6. The number of nitrogens with one attached hydrogen (secondary N) is 3. The number of β-amino-alcohol motifs (C(OH)–C–C–N with tert-alkyl or cyclic N) is 1. The minimum absolute atomic E-state index is 0.0749. The zero-order valence-electron chi connectivity index (χ0n) is 21.2. The van der Waals surface area contributed by atoms with Gasteiger partial charge in [-0.3, -0.25) is 14.4 Å². The summed E-state index contributed by atoms with van der Waals surface area (Å²) < 4.78 is 6.19. The number of hydrogen-bond donors (Lipinski definition) is 4. The van der Waals surface area contributed by atoms with E-state index in [1.165, 1.54) is 6.20 Å². The highest BCUT2D eigenvalue weighted by molar-refractivity contribution is 6.44. The van der Waals surface area contributed by atoms with Gasteiger partial charge in [0.05, 0.1) is 21.7 Å². The number of halogens is 2. The van der Waals surface area contributed by atoms with E-state index in [4.69, 9.17) is 27.9 Å². The first-order valence-electron chi connectivity index (χ1n) is 13.0. The van der Waals surface area contributed by atoms with Gasteiger partial charge in [0, 0.05) is 49.2 Å². The highest BCUT2D eigenvalue weighted by atomic mass is 35.5. The van der Waals surface area contributed by atoms with Crippen LogP contribution in [0.1, 0.15) is 46.4 Å². The highest BCUT2D eigenvalue weighted by Crippen LogP contribution is 2.35. The highest BCUT2D eigenvalue weighted by Gasteiger charge is 2.29. The molecule has 5 rings (SSSR count). The standard InChI is InChI=1S/C28H30Cl2N4O5/c29-22-7-8-23(24(25(22)30)28(38)33-16-5-6-16)39-18-9-11-34(12-10-18)15-17(35)13-31-27(37)21-14-32-26(36)20-4-2-1-3-19(20)21/h1-4,7-8,14,16-18,35H,5-6,9-13,15H2,(H,31,37)(H,32,36)(H,33,38)/t17-/m1/s1. The topological polar surface area (TPSA) is 124 Å². The molecule has 1 aliphatic carbocycles. The molecule has 1 atom stereocenters. The summed E-state index contributed by atoms with van der Waals surface area (Å²) in [5.41, 5.74) is 0.356. The summed E-state index contributed by atoms with van der Waals surface area (Å²) in [6.07, 6.45) is 3.82. The third kappa shape index (κ3) is 6.55. The van der Waals surface area contributed by atoms with Crippen molar-refractivity contribution in [2.45, 2.75) is 43.9 Å². The van der Waals surface area contributed by atoms with Gasteiger partial charge in [-0.2, -0.15) is 0 Å². The lowest BCUT2D eigenvalue weighted by Gasteiger charge is -2.33. The number of H-pyrrole nitrogens is 1. The summed E-state index contributed by atoms with van der Waals surface area (Å²) in [7, 11) is 0. The van der Waals surface area contributed by atoms with E-state index in [0.29, 0.717) is 59.6 Å². The molecular weight excluding hydrogens is 543 g/mol. The number of pyridine rings is 1. The number of likely N-dealkylation sites (tertiary alicyclic amines) is 1. The van der Waals surface area contributed by atoms with E-state index in [-0.39, 0.29) is 46.7 Å². The molecule has 9 nitrogen and oxygen atoms in total. The van der Waals surface area contributed by atoms with E-state index in [1.54, 1.807) is 36.4 Å². The lowest BCUT2D eigenvalue weighted by atomic mass is 10.1. The third-order valence-corrected chi connectivity index (χ3v) is 7.85. The van der Waals surface area contributed by atoms with Gasteiger partial charge < -0.3 is 30.4 Å². The molecule has 2 aliphatic rings. The average Bonchev–Trinajstić information content (AvgIpc) is 3.75. The van der Waals surface area contributed by atoms with E-state index in [9.17, 15) is 19.5 Å². The first kappa shape index (κ1) is 27.5. The molecule has 1 saturated heterocycles. The van der Waals surface area contributed by atoms with Crippen LogP contribution in [0.4, 0.5) is 0 Å². The first-order valence-corrected chi connectivity index (χ1v) is 13.8. The number of amides is 2. The fourth-order valence-corrected chi connectivity index (χ4v) is 5.18. The smallest absolute Gasteiger partial charge is 0.256 e. The van der Waals surface area contributed by atoms with Gasteiger partial charge in [-0.05, 0) is 43.9 Å². The number of ether oxygens (including phenoxy) is 1. The summed E-state index contributed by atoms with van der Waals surface area (Å²) in [6.45, 7) is 1.84. The summed E-state index contributed by atoms with van der Waals surface area (Å²) in [6, 6.07) is 10.4. The van der Waals surface area contributed by atoms with E-state index in [0.717, 1.165) is 12.8 Å². The molecule has 3 aromatic rings. The Kier molecular flexibility index (Phi) is 8.42. The number of fused-ring (bicyclic) bond motifs is 1. The molecular formula is C28H30Cl2N4O5. The molecule has 0 spiro atoms. The van der Waals surface area contributed by atoms with Crippen molar-refractivity contribution < 1.29 is 19.4 Å². The Bertz CT molecular complexity index is 1430. The molecule has 1 saturated carbocycles. The van der Waals surface area contributed by atoms with Crippen LogP contribution in [-0.4, -0.2) is 71.2 Å². The Morgan fingerprint density at radius 2 is 1.77 bits per heavy atom. The molecule has 0 radical (unpaired) electrons. The monoisotopic (exact) mass is 572 g/mol. The van der Waals surface area contributed by atoms with Crippen LogP contribution in [0.2, 0.25) is 10.0 Å². The maximum Gasteiger partial charge on any atom is 0.256 e. The maximum absolute atomic E-state index is 12.8. The van der Waals surface area contributed by atoms with Gasteiger partial charge in [-0.25, -0.2) is 0 Å². The van der Waals surface area contributed by atoms with E-state index < -0.39 is 6.10 Å². The van der Waals surface area contributed by atoms with Crippen LogP contribution in [0.5, 0.6) is 5.75 Å². The van der Waals surface area contributed by atoms with Crippen LogP contribution in [0.15, 0.2) is 47.4 Å². The van der Waals surface area contributed by atoms with E-state index in [2.05, 4.69) is 20.5 Å². The minimum Gasteiger partial charge on any atom is -0.489 e.